The Morgan fingerprint density at radius 3 is 2.55 bits per heavy atom. The molecule has 7 nitrogen and oxygen atoms in total. The molecule has 0 saturated carbocycles. The molecular formula is C13H12N4O3. The van der Waals surface area contributed by atoms with Gasteiger partial charge >= 0.3 is 0 Å². The van der Waals surface area contributed by atoms with Gasteiger partial charge in [0.15, 0.2) is 11.3 Å². The van der Waals surface area contributed by atoms with Gasteiger partial charge in [0.1, 0.15) is 5.56 Å². The average Bonchev–Trinajstić information content (AvgIpc) is 2.47. The Morgan fingerprint density at radius 1 is 1.25 bits per heavy atom. The van der Waals surface area contributed by atoms with Crippen LogP contribution in [-0.4, -0.2) is 21.9 Å². The number of hydrogen-bond donors (Lipinski definition) is 4. The number of oxime groups is 1. The Labute approximate surface area is 113 Å². The first-order valence-corrected chi connectivity index (χ1v) is 5.68. The van der Waals surface area contributed by atoms with Gasteiger partial charge in [0.05, 0.1) is 0 Å². The van der Waals surface area contributed by atoms with Gasteiger partial charge in [-0.25, -0.2) is 0 Å². The topological polar surface area (TPSA) is 121 Å². The molecule has 0 saturated heterocycles. The number of carbonyl (C=O) groups is 1. The lowest BCUT2D eigenvalue weighted by Crippen LogP contribution is -2.21. The van der Waals surface area contributed by atoms with Crippen molar-refractivity contribution in [3.63, 3.8) is 0 Å². The van der Waals surface area contributed by atoms with Gasteiger partial charge in [0.25, 0.3) is 5.91 Å². The minimum absolute atomic E-state index is 0.0213. The third-order valence-electron chi connectivity index (χ3n) is 2.61. The summed E-state index contributed by atoms with van der Waals surface area (Å²) in [4.78, 5) is 26.1. The third kappa shape index (κ3) is 2.83. The number of hydrogen-bond acceptors (Lipinski definition) is 4. The van der Waals surface area contributed by atoms with Crippen molar-refractivity contribution in [2.75, 3.05) is 5.32 Å². The number of aromatic nitrogens is 1. The lowest BCUT2D eigenvalue weighted by molar-refractivity contribution is 0.102. The van der Waals surface area contributed by atoms with Crippen LogP contribution in [0.25, 0.3) is 0 Å². The van der Waals surface area contributed by atoms with Gasteiger partial charge in [-0.2, -0.15) is 0 Å². The summed E-state index contributed by atoms with van der Waals surface area (Å²) in [6, 6.07) is 7.61. The minimum atomic E-state index is -0.511. The Balaban J connectivity index is 2.17. The highest BCUT2D eigenvalue weighted by molar-refractivity contribution is 6.04. The number of pyridine rings is 1. The number of nitrogens with zero attached hydrogens (tertiary/aromatic N) is 1. The molecule has 0 unspecified atom stereocenters. The van der Waals surface area contributed by atoms with E-state index in [1.807, 2.05) is 0 Å². The molecule has 5 N–H and O–H groups in total. The summed E-state index contributed by atoms with van der Waals surface area (Å²) in [5, 5.41) is 14.0. The lowest BCUT2D eigenvalue weighted by atomic mass is 10.2. The Kier molecular flexibility index (Phi) is 3.80. The van der Waals surface area contributed by atoms with Crippen molar-refractivity contribution in [1.82, 2.24) is 4.98 Å². The van der Waals surface area contributed by atoms with Gasteiger partial charge in [0, 0.05) is 29.7 Å². The van der Waals surface area contributed by atoms with Crippen LogP contribution in [0, 0.1) is 0 Å². The summed E-state index contributed by atoms with van der Waals surface area (Å²) in [6.45, 7) is 0. The number of carbonyl (C=O) groups excluding carboxylic acids is 1. The molecule has 1 aromatic heterocycles. The molecule has 7 heteroatoms. The number of H-pyrrole nitrogens is 1. The first kappa shape index (κ1) is 13.3. The number of aromatic amines is 1. The number of amidine groups is 1. The van der Waals surface area contributed by atoms with E-state index < -0.39 is 5.91 Å². The van der Waals surface area contributed by atoms with E-state index in [4.69, 9.17) is 10.9 Å². The fourth-order valence-electron chi connectivity index (χ4n) is 1.57. The van der Waals surface area contributed by atoms with Crippen LogP contribution in [0.15, 0.2) is 52.7 Å². The van der Waals surface area contributed by atoms with Gasteiger partial charge in [0.2, 0.25) is 0 Å². The van der Waals surface area contributed by atoms with E-state index in [2.05, 4.69) is 15.5 Å². The number of nitrogens with two attached hydrogens (primary N) is 1. The van der Waals surface area contributed by atoms with Gasteiger partial charge in [-0.05, 0) is 24.3 Å². The molecule has 1 aromatic carbocycles. The number of amides is 1. The number of nitrogens with one attached hydrogen (secondary N) is 2. The molecule has 102 valence electrons. The van der Waals surface area contributed by atoms with Crippen molar-refractivity contribution >= 4 is 17.4 Å². The highest BCUT2D eigenvalue weighted by Gasteiger charge is 2.09. The van der Waals surface area contributed by atoms with E-state index in [1.165, 1.54) is 18.5 Å². The van der Waals surface area contributed by atoms with Crippen molar-refractivity contribution < 1.29 is 10.0 Å². The van der Waals surface area contributed by atoms with E-state index >= 15 is 0 Å². The van der Waals surface area contributed by atoms with Gasteiger partial charge in [-0.1, -0.05) is 5.16 Å². The summed E-state index contributed by atoms with van der Waals surface area (Å²) >= 11 is 0. The molecule has 0 fully saturated rings. The monoisotopic (exact) mass is 272 g/mol. The van der Waals surface area contributed by atoms with E-state index in [-0.39, 0.29) is 16.8 Å². The smallest absolute Gasteiger partial charge is 0.261 e. The Bertz CT molecular complexity index is 704. The van der Waals surface area contributed by atoms with Crippen molar-refractivity contribution in [3.05, 3.63) is 64.1 Å². The van der Waals surface area contributed by atoms with E-state index in [0.29, 0.717) is 11.3 Å². The molecule has 1 heterocycles. The minimum Gasteiger partial charge on any atom is -0.409 e. The number of rotatable bonds is 3. The van der Waals surface area contributed by atoms with Crippen molar-refractivity contribution in [3.8, 4) is 0 Å². The molecule has 0 aliphatic heterocycles. The Morgan fingerprint density at radius 2 is 1.95 bits per heavy atom. The highest BCUT2D eigenvalue weighted by atomic mass is 16.4. The molecule has 0 aliphatic rings. The predicted molar refractivity (Wildman–Crippen MR) is 74.0 cm³/mol. The second-order valence-corrected chi connectivity index (χ2v) is 3.94. The maximum Gasteiger partial charge on any atom is 0.261 e. The number of benzene rings is 1. The predicted octanol–water partition coefficient (Wildman–Crippen LogP) is 0.722. The quantitative estimate of drug-likeness (QED) is 0.285. The lowest BCUT2D eigenvalue weighted by Gasteiger charge is -2.05. The fraction of sp³-hybridized carbons (Fsp3) is 0. The van der Waals surface area contributed by atoms with E-state index in [0.717, 1.165) is 0 Å². The van der Waals surface area contributed by atoms with Gasteiger partial charge < -0.3 is 21.2 Å². The summed E-state index contributed by atoms with van der Waals surface area (Å²) in [7, 11) is 0. The van der Waals surface area contributed by atoms with Crippen molar-refractivity contribution in [1.29, 1.82) is 0 Å². The molecule has 0 aliphatic carbocycles. The Hall–Kier alpha value is -3.09. The zero-order valence-corrected chi connectivity index (χ0v) is 10.3. The maximum atomic E-state index is 11.9. The fourth-order valence-corrected chi connectivity index (χ4v) is 1.57. The van der Waals surface area contributed by atoms with Gasteiger partial charge in [-0.15, -0.1) is 0 Å². The van der Waals surface area contributed by atoms with Gasteiger partial charge in [-0.3, -0.25) is 9.59 Å². The summed E-state index contributed by atoms with van der Waals surface area (Å²) < 4.78 is 0. The molecule has 0 spiro atoms. The highest BCUT2D eigenvalue weighted by Crippen LogP contribution is 2.10. The van der Waals surface area contributed by atoms with E-state index in [9.17, 15) is 9.59 Å². The van der Waals surface area contributed by atoms with Crippen LogP contribution >= 0.6 is 0 Å². The maximum absolute atomic E-state index is 11.9. The zero-order valence-electron chi connectivity index (χ0n) is 10.3. The van der Waals surface area contributed by atoms with Crippen LogP contribution in [0.1, 0.15) is 15.9 Å². The molecule has 0 atom stereocenters. The van der Waals surface area contributed by atoms with Crippen LogP contribution in [0.3, 0.4) is 0 Å². The standard InChI is InChI=1S/C13H12N4O3/c14-12(17-20)8-1-3-9(4-2-8)16-13(19)10-7-15-6-5-11(10)18/h1-7,20H,(H2,14,17)(H,15,18)(H,16,19). The molecule has 0 radical (unpaired) electrons. The zero-order chi connectivity index (χ0) is 14.5. The molecule has 0 bridgehead atoms. The molecular weight excluding hydrogens is 260 g/mol. The van der Waals surface area contributed by atoms with E-state index in [1.54, 1.807) is 24.3 Å². The second-order valence-electron chi connectivity index (χ2n) is 3.94. The van der Waals surface area contributed by atoms with Crippen LogP contribution in [0.4, 0.5) is 5.69 Å². The van der Waals surface area contributed by atoms with Crippen LogP contribution in [0.2, 0.25) is 0 Å². The average molecular weight is 272 g/mol. The van der Waals surface area contributed by atoms with Crippen LogP contribution in [0.5, 0.6) is 0 Å². The molecule has 1 amide bonds. The summed E-state index contributed by atoms with van der Waals surface area (Å²) in [5.41, 5.74) is 6.09. The second kappa shape index (κ2) is 5.70. The van der Waals surface area contributed by atoms with Crippen molar-refractivity contribution in [2.24, 2.45) is 10.9 Å². The summed E-state index contributed by atoms with van der Waals surface area (Å²) in [6.07, 6.45) is 2.79. The van der Waals surface area contributed by atoms with Crippen molar-refractivity contribution in [2.45, 2.75) is 0 Å². The normalized spacial score (nSPS) is 11.1. The first-order chi connectivity index (χ1) is 9.61. The molecule has 20 heavy (non-hydrogen) atoms. The van der Waals surface area contributed by atoms with Crippen LogP contribution in [-0.2, 0) is 0 Å². The number of anilines is 1. The first-order valence-electron chi connectivity index (χ1n) is 5.68. The van der Waals surface area contributed by atoms with Crippen LogP contribution < -0.4 is 16.5 Å². The molecule has 2 aromatic rings. The third-order valence-corrected chi connectivity index (χ3v) is 2.61. The SMILES string of the molecule is N/C(=N/O)c1ccc(NC(=O)c2c[nH]ccc2=O)cc1. The summed E-state index contributed by atoms with van der Waals surface area (Å²) in [5.74, 6) is -0.536. The largest absolute Gasteiger partial charge is 0.409 e. The molecule has 2 rings (SSSR count).